The molecule has 0 amide bonds. The van der Waals surface area contributed by atoms with Gasteiger partial charge in [0.05, 0.1) is 5.69 Å². The van der Waals surface area contributed by atoms with Crippen molar-refractivity contribution < 1.29 is 4.42 Å². The first-order chi connectivity index (χ1) is 5.88. The summed E-state index contributed by atoms with van der Waals surface area (Å²) in [5.74, 6) is 1.23. The standard InChI is InChI=1S/C11H19NO/c1-8(2)10-12-9(7-13-10)6-11(3,4)5/h7-8H,6H2,1-5H3. The van der Waals surface area contributed by atoms with Gasteiger partial charge in [0.1, 0.15) is 6.26 Å². The molecule has 0 aliphatic heterocycles. The van der Waals surface area contributed by atoms with Gasteiger partial charge in [-0.1, -0.05) is 34.6 Å². The molecule has 13 heavy (non-hydrogen) atoms. The highest BCUT2D eigenvalue weighted by Crippen LogP contribution is 2.21. The van der Waals surface area contributed by atoms with E-state index in [1.807, 2.05) is 0 Å². The van der Waals surface area contributed by atoms with Gasteiger partial charge in [0.2, 0.25) is 0 Å². The minimum absolute atomic E-state index is 0.283. The molecule has 0 saturated carbocycles. The van der Waals surface area contributed by atoms with Crippen LogP contribution >= 0.6 is 0 Å². The van der Waals surface area contributed by atoms with E-state index >= 15 is 0 Å². The van der Waals surface area contributed by atoms with Gasteiger partial charge in [0.15, 0.2) is 5.89 Å². The van der Waals surface area contributed by atoms with Gasteiger partial charge < -0.3 is 4.42 Å². The fourth-order valence-electron chi connectivity index (χ4n) is 1.21. The lowest BCUT2D eigenvalue weighted by Gasteiger charge is -2.15. The van der Waals surface area contributed by atoms with Gasteiger partial charge >= 0.3 is 0 Å². The zero-order valence-electron chi connectivity index (χ0n) is 9.22. The summed E-state index contributed by atoms with van der Waals surface area (Å²) in [4.78, 5) is 4.43. The Balaban J connectivity index is 2.70. The van der Waals surface area contributed by atoms with Crippen LogP contribution < -0.4 is 0 Å². The average molecular weight is 181 g/mol. The molecule has 1 aromatic heterocycles. The van der Waals surface area contributed by atoms with E-state index in [1.54, 1.807) is 6.26 Å². The molecule has 0 N–H and O–H groups in total. The van der Waals surface area contributed by atoms with Crippen LogP contribution in [0.25, 0.3) is 0 Å². The Morgan fingerprint density at radius 2 is 2.00 bits per heavy atom. The summed E-state index contributed by atoms with van der Waals surface area (Å²) in [5.41, 5.74) is 1.35. The maximum atomic E-state index is 5.36. The molecule has 0 atom stereocenters. The minimum Gasteiger partial charge on any atom is -0.448 e. The van der Waals surface area contributed by atoms with E-state index in [0.717, 1.165) is 18.0 Å². The predicted octanol–water partition coefficient (Wildman–Crippen LogP) is 3.39. The zero-order valence-corrected chi connectivity index (χ0v) is 9.22. The number of rotatable bonds is 2. The second-order valence-electron chi connectivity index (χ2n) is 5.07. The molecule has 2 nitrogen and oxygen atoms in total. The van der Waals surface area contributed by atoms with Crippen LogP contribution in [0, 0.1) is 5.41 Å². The molecule has 0 radical (unpaired) electrons. The fourth-order valence-corrected chi connectivity index (χ4v) is 1.21. The number of aromatic nitrogens is 1. The molecular weight excluding hydrogens is 162 g/mol. The Morgan fingerprint density at radius 3 is 2.38 bits per heavy atom. The third-order valence-electron chi connectivity index (χ3n) is 1.77. The Hall–Kier alpha value is -0.790. The lowest BCUT2D eigenvalue weighted by molar-refractivity contribution is 0.405. The molecule has 0 spiro atoms. The van der Waals surface area contributed by atoms with E-state index in [0.29, 0.717) is 5.92 Å². The van der Waals surface area contributed by atoms with Crippen LogP contribution in [-0.4, -0.2) is 4.98 Å². The molecule has 0 bridgehead atoms. The summed E-state index contributed by atoms with van der Waals surface area (Å²) in [5, 5.41) is 0. The Labute approximate surface area is 80.4 Å². The summed E-state index contributed by atoms with van der Waals surface area (Å²) in [7, 11) is 0. The molecule has 1 heterocycles. The Morgan fingerprint density at radius 1 is 1.38 bits per heavy atom. The predicted molar refractivity (Wildman–Crippen MR) is 53.8 cm³/mol. The molecule has 2 heteroatoms. The molecule has 0 aliphatic carbocycles. The lowest BCUT2D eigenvalue weighted by atomic mass is 9.91. The molecule has 0 unspecified atom stereocenters. The highest BCUT2D eigenvalue weighted by Gasteiger charge is 2.15. The second-order valence-corrected chi connectivity index (χ2v) is 5.07. The molecule has 1 aromatic rings. The molecule has 0 fully saturated rings. The topological polar surface area (TPSA) is 26.0 Å². The minimum atomic E-state index is 0.283. The van der Waals surface area contributed by atoms with Gasteiger partial charge in [0, 0.05) is 5.92 Å². The SMILES string of the molecule is CC(C)c1nc(CC(C)(C)C)co1. The monoisotopic (exact) mass is 181 g/mol. The number of hydrogen-bond donors (Lipinski definition) is 0. The van der Waals surface area contributed by atoms with Gasteiger partial charge in [-0.05, 0) is 11.8 Å². The van der Waals surface area contributed by atoms with E-state index in [9.17, 15) is 0 Å². The van der Waals surface area contributed by atoms with Crippen molar-refractivity contribution in [1.29, 1.82) is 0 Å². The third kappa shape index (κ3) is 3.21. The molecular formula is C11H19NO. The van der Waals surface area contributed by atoms with Crippen molar-refractivity contribution in [2.24, 2.45) is 5.41 Å². The summed E-state index contributed by atoms with van der Waals surface area (Å²) in [6, 6.07) is 0. The van der Waals surface area contributed by atoms with Gasteiger partial charge in [-0.3, -0.25) is 0 Å². The maximum absolute atomic E-state index is 5.36. The highest BCUT2D eigenvalue weighted by atomic mass is 16.3. The highest BCUT2D eigenvalue weighted by molar-refractivity contribution is 5.01. The van der Waals surface area contributed by atoms with Crippen molar-refractivity contribution in [2.45, 2.75) is 47.0 Å². The van der Waals surface area contributed by atoms with Crippen LogP contribution in [0.2, 0.25) is 0 Å². The van der Waals surface area contributed by atoms with Crippen molar-refractivity contribution >= 4 is 0 Å². The zero-order chi connectivity index (χ0) is 10.1. The summed E-state index contributed by atoms with van der Waals surface area (Å²) in [6.07, 6.45) is 2.75. The first-order valence-corrected chi connectivity index (χ1v) is 4.83. The lowest BCUT2D eigenvalue weighted by Crippen LogP contribution is -2.09. The molecule has 74 valence electrons. The van der Waals surface area contributed by atoms with Gasteiger partial charge in [-0.25, -0.2) is 4.98 Å². The Bertz CT molecular complexity index is 268. The van der Waals surface area contributed by atoms with Gasteiger partial charge in [-0.2, -0.15) is 0 Å². The van der Waals surface area contributed by atoms with Gasteiger partial charge in [-0.15, -0.1) is 0 Å². The fraction of sp³-hybridized carbons (Fsp3) is 0.727. The first kappa shape index (κ1) is 10.3. The molecule has 0 aliphatic rings. The van der Waals surface area contributed by atoms with Crippen molar-refractivity contribution in [1.82, 2.24) is 4.98 Å². The third-order valence-corrected chi connectivity index (χ3v) is 1.77. The first-order valence-electron chi connectivity index (χ1n) is 4.83. The van der Waals surface area contributed by atoms with E-state index < -0.39 is 0 Å². The van der Waals surface area contributed by atoms with Crippen molar-refractivity contribution in [3.05, 3.63) is 17.8 Å². The van der Waals surface area contributed by atoms with Crippen LogP contribution in [-0.2, 0) is 6.42 Å². The van der Waals surface area contributed by atoms with Crippen molar-refractivity contribution in [3.63, 3.8) is 0 Å². The van der Waals surface area contributed by atoms with Crippen molar-refractivity contribution in [2.75, 3.05) is 0 Å². The Kier molecular flexibility index (Phi) is 2.79. The normalized spacial score (nSPS) is 12.5. The van der Waals surface area contributed by atoms with Crippen LogP contribution in [0.15, 0.2) is 10.7 Å². The quantitative estimate of drug-likeness (QED) is 0.699. The van der Waals surface area contributed by atoms with E-state index in [4.69, 9.17) is 4.42 Å². The van der Waals surface area contributed by atoms with Gasteiger partial charge in [0.25, 0.3) is 0 Å². The smallest absolute Gasteiger partial charge is 0.196 e. The van der Waals surface area contributed by atoms with Crippen LogP contribution in [0.3, 0.4) is 0 Å². The number of oxazole rings is 1. The van der Waals surface area contributed by atoms with Crippen LogP contribution in [0.4, 0.5) is 0 Å². The van der Waals surface area contributed by atoms with E-state index in [-0.39, 0.29) is 5.41 Å². The number of hydrogen-bond acceptors (Lipinski definition) is 2. The van der Waals surface area contributed by atoms with Crippen LogP contribution in [0.1, 0.15) is 52.1 Å². The molecule has 0 saturated heterocycles. The van der Waals surface area contributed by atoms with Crippen molar-refractivity contribution in [3.8, 4) is 0 Å². The second kappa shape index (κ2) is 3.52. The average Bonchev–Trinajstić information content (AvgIpc) is 2.31. The molecule has 1 rings (SSSR count). The summed E-state index contributed by atoms with van der Waals surface area (Å²) >= 11 is 0. The largest absolute Gasteiger partial charge is 0.448 e. The maximum Gasteiger partial charge on any atom is 0.196 e. The van der Waals surface area contributed by atoms with E-state index in [2.05, 4.69) is 39.6 Å². The summed E-state index contributed by atoms with van der Waals surface area (Å²) < 4.78 is 5.36. The van der Waals surface area contributed by atoms with E-state index in [1.165, 1.54) is 0 Å². The molecule has 0 aromatic carbocycles. The summed E-state index contributed by atoms with van der Waals surface area (Å²) in [6.45, 7) is 10.8. The number of nitrogens with zero attached hydrogens (tertiary/aromatic N) is 1. The van der Waals surface area contributed by atoms with Crippen LogP contribution in [0.5, 0.6) is 0 Å².